The van der Waals surface area contributed by atoms with Crippen molar-refractivity contribution < 1.29 is 22.3 Å². The number of benzene rings is 1. The van der Waals surface area contributed by atoms with Gasteiger partial charge in [0, 0.05) is 39.8 Å². The van der Waals surface area contributed by atoms with E-state index in [1.54, 1.807) is 19.2 Å². The van der Waals surface area contributed by atoms with Gasteiger partial charge >= 0.3 is 6.18 Å². The molecule has 0 aliphatic carbocycles. The van der Waals surface area contributed by atoms with Crippen LogP contribution >= 0.6 is 24.0 Å². The van der Waals surface area contributed by atoms with E-state index in [0.29, 0.717) is 44.2 Å². The summed E-state index contributed by atoms with van der Waals surface area (Å²) in [4.78, 5) is 7.50. The van der Waals surface area contributed by atoms with E-state index in [2.05, 4.69) is 10.3 Å². The van der Waals surface area contributed by atoms with Crippen LogP contribution in [0.5, 0.6) is 5.75 Å². The van der Waals surface area contributed by atoms with Crippen LogP contribution in [0.3, 0.4) is 0 Å². The molecular formula is C17H25F4IN4O. The van der Waals surface area contributed by atoms with E-state index in [1.165, 1.54) is 25.0 Å². The molecule has 0 amide bonds. The Morgan fingerprint density at radius 1 is 1.26 bits per heavy atom. The molecule has 154 valence electrons. The Morgan fingerprint density at radius 2 is 1.89 bits per heavy atom. The summed E-state index contributed by atoms with van der Waals surface area (Å²) in [6.45, 7) is 3.03. The summed E-state index contributed by atoms with van der Waals surface area (Å²) in [5.74, 6) is 0.310. The van der Waals surface area contributed by atoms with Crippen molar-refractivity contribution >= 4 is 29.9 Å². The second-order valence-electron chi connectivity index (χ2n) is 6.11. The number of alkyl halides is 3. The summed E-state index contributed by atoms with van der Waals surface area (Å²) < 4.78 is 57.1. The van der Waals surface area contributed by atoms with Crippen LogP contribution in [-0.2, 0) is 6.54 Å². The second kappa shape index (κ2) is 10.3. The molecule has 0 aromatic heterocycles. The van der Waals surface area contributed by atoms with Gasteiger partial charge in [-0.15, -0.1) is 24.0 Å². The molecule has 1 aromatic rings. The smallest absolute Gasteiger partial charge is 0.403 e. The average molecular weight is 504 g/mol. The maximum Gasteiger partial charge on any atom is 0.403 e. The van der Waals surface area contributed by atoms with Crippen LogP contribution < -0.4 is 10.1 Å². The molecule has 1 unspecified atom stereocenters. The van der Waals surface area contributed by atoms with E-state index < -0.39 is 18.0 Å². The minimum absolute atomic E-state index is 0. The number of nitrogens with one attached hydrogen (secondary N) is 1. The molecule has 27 heavy (non-hydrogen) atoms. The number of rotatable bonds is 4. The molecule has 1 saturated heterocycles. The van der Waals surface area contributed by atoms with E-state index >= 15 is 0 Å². The van der Waals surface area contributed by atoms with Crippen molar-refractivity contribution in [1.29, 1.82) is 0 Å². The third-order valence-corrected chi connectivity index (χ3v) is 4.51. The third kappa shape index (κ3) is 6.37. The third-order valence-electron chi connectivity index (χ3n) is 4.51. The Kier molecular flexibility index (Phi) is 9.06. The van der Waals surface area contributed by atoms with Crippen molar-refractivity contribution in [3.8, 4) is 5.75 Å². The van der Waals surface area contributed by atoms with Crippen LogP contribution in [0.15, 0.2) is 23.2 Å². The van der Waals surface area contributed by atoms with Crippen LogP contribution in [0.1, 0.15) is 12.5 Å². The zero-order valence-electron chi connectivity index (χ0n) is 15.5. The summed E-state index contributed by atoms with van der Waals surface area (Å²) in [5, 5.41) is 3.12. The molecule has 0 bridgehead atoms. The minimum atomic E-state index is -4.22. The highest BCUT2D eigenvalue weighted by molar-refractivity contribution is 14.0. The molecule has 1 fully saturated rings. The van der Waals surface area contributed by atoms with Gasteiger partial charge in [0.1, 0.15) is 6.04 Å². The molecule has 1 N–H and O–H groups in total. The lowest BCUT2D eigenvalue weighted by molar-refractivity contribution is -0.181. The number of piperazine rings is 1. The van der Waals surface area contributed by atoms with Crippen molar-refractivity contribution in [2.75, 3.05) is 40.3 Å². The topological polar surface area (TPSA) is 40.1 Å². The fourth-order valence-electron chi connectivity index (χ4n) is 2.86. The van der Waals surface area contributed by atoms with Crippen molar-refractivity contribution in [1.82, 2.24) is 15.1 Å². The molecule has 1 atom stereocenters. The number of halogens is 5. The highest BCUT2D eigenvalue weighted by atomic mass is 127. The lowest BCUT2D eigenvalue weighted by Gasteiger charge is -2.39. The predicted molar refractivity (Wildman–Crippen MR) is 107 cm³/mol. The largest absolute Gasteiger partial charge is 0.494 e. The summed E-state index contributed by atoms with van der Waals surface area (Å²) in [6.07, 6.45) is -4.22. The molecule has 1 aromatic carbocycles. The Bertz CT molecular complexity index is 634. The molecule has 1 heterocycles. The number of methoxy groups -OCH3 is 1. The van der Waals surface area contributed by atoms with E-state index in [-0.39, 0.29) is 29.7 Å². The van der Waals surface area contributed by atoms with E-state index in [1.807, 2.05) is 4.90 Å². The van der Waals surface area contributed by atoms with Crippen LogP contribution in [0, 0.1) is 5.82 Å². The van der Waals surface area contributed by atoms with Crippen molar-refractivity contribution in [2.24, 2.45) is 4.99 Å². The zero-order chi connectivity index (χ0) is 19.3. The highest BCUT2D eigenvalue weighted by Crippen LogP contribution is 2.25. The Morgan fingerprint density at radius 3 is 2.37 bits per heavy atom. The first-order valence-corrected chi connectivity index (χ1v) is 8.35. The van der Waals surface area contributed by atoms with Crippen molar-refractivity contribution in [3.63, 3.8) is 0 Å². The van der Waals surface area contributed by atoms with Gasteiger partial charge in [-0.1, -0.05) is 6.07 Å². The lowest BCUT2D eigenvalue weighted by Crippen LogP contribution is -2.56. The van der Waals surface area contributed by atoms with Crippen LogP contribution in [0.4, 0.5) is 17.6 Å². The molecule has 0 spiro atoms. The summed E-state index contributed by atoms with van der Waals surface area (Å²) in [7, 11) is 3.01. The number of aliphatic imine (C=N–C) groups is 1. The standard InChI is InChI=1S/C17H24F4N4O.HI/c1-12(17(19,20)21)24-6-8-25(9-7-24)16(22-2)23-11-13-4-5-15(26-3)14(18)10-13;/h4-5,10,12H,6-9,11H2,1-3H3,(H,22,23);1H. The number of nitrogens with zero attached hydrogens (tertiary/aromatic N) is 3. The summed E-state index contributed by atoms with van der Waals surface area (Å²) in [5.41, 5.74) is 0.716. The van der Waals surface area contributed by atoms with Gasteiger partial charge in [-0.25, -0.2) is 4.39 Å². The first-order valence-electron chi connectivity index (χ1n) is 8.35. The van der Waals surface area contributed by atoms with Gasteiger partial charge in [0.05, 0.1) is 7.11 Å². The van der Waals surface area contributed by atoms with Gasteiger partial charge in [-0.05, 0) is 24.6 Å². The summed E-state index contributed by atoms with van der Waals surface area (Å²) in [6, 6.07) is 3.21. The molecule has 1 aliphatic rings. The van der Waals surface area contributed by atoms with Crippen LogP contribution in [0.25, 0.3) is 0 Å². The molecule has 0 saturated carbocycles. The minimum Gasteiger partial charge on any atom is -0.494 e. The fourth-order valence-corrected chi connectivity index (χ4v) is 2.86. The van der Waals surface area contributed by atoms with E-state index in [0.717, 1.165) is 0 Å². The second-order valence-corrected chi connectivity index (χ2v) is 6.11. The molecule has 0 radical (unpaired) electrons. The highest BCUT2D eigenvalue weighted by Gasteiger charge is 2.41. The lowest BCUT2D eigenvalue weighted by atomic mass is 10.2. The number of ether oxygens (including phenoxy) is 1. The molecule has 1 aliphatic heterocycles. The van der Waals surface area contributed by atoms with E-state index in [4.69, 9.17) is 4.74 Å². The average Bonchev–Trinajstić information content (AvgIpc) is 2.61. The van der Waals surface area contributed by atoms with Crippen molar-refractivity contribution in [3.05, 3.63) is 29.6 Å². The number of hydrogen-bond donors (Lipinski definition) is 1. The van der Waals surface area contributed by atoms with Gasteiger partial charge in [-0.3, -0.25) is 9.89 Å². The monoisotopic (exact) mass is 504 g/mol. The van der Waals surface area contributed by atoms with Crippen LogP contribution in [-0.4, -0.2) is 68.3 Å². The van der Waals surface area contributed by atoms with E-state index in [9.17, 15) is 17.6 Å². The zero-order valence-corrected chi connectivity index (χ0v) is 17.8. The SMILES string of the molecule is CN=C(NCc1ccc(OC)c(F)c1)N1CCN(C(C)C(F)(F)F)CC1.I. The van der Waals surface area contributed by atoms with Crippen molar-refractivity contribution in [2.45, 2.75) is 25.7 Å². The first kappa shape index (κ1) is 23.7. The van der Waals surface area contributed by atoms with Gasteiger partial charge in [0.15, 0.2) is 17.5 Å². The van der Waals surface area contributed by atoms with Crippen LogP contribution in [0.2, 0.25) is 0 Å². The fraction of sp³-hybridized carbons (Fsp3) is 0.588. The maximum absolute atomic E-state index is 13.7. The molecule has 5 nitrogen and oxygen atoms in total. The molecule has 2 rings (SSSR count). The molecular weight excluding hydrogens is 479 g/mol. The first-order chi connectivity index (χ1) is 12.3. The van der Waals surface area contributed by atoms with Gasteiger partial charge in [0.2, 0.25) is 0 Å². The normalized spacial score (nSPS) is 17.3. The van der Waals surface area contributed by atoms with Gasteiger partial charge in [-0.2, -0.15) is 13.2 Å². The summed E-state index contributed by atoms with van der Waals surface area (Å²) >= 11 is 0. The van der Waals surface area contributed by atoms with Gasteiger partial charge < -0.3 is 15.0 Å². The Labute approximate surface area is 173 Å². The Hall–Kier alpha value is -1.30. The van der Waals surface area contributed by atoms with Gasteiger partial charge in [0.25, 0.3) is 0 Å². The predicted octanol–water partition coefficient (Wildman–Crippen LogP) is 3.10. The number of hydrogen-bond acceptors (Lipinski definition) is 3. The molecule has 10 heteroatoms. The Balaban J connectivity index is 0.00000364. The maximum atomic E-state index is 13.7. The number of guanidine groups is 1. The quantitative estimate of drug-likeness (QED) is 0.296.